The minimum Gasteiger partial charge on any atom is -0.426 e. The molecule has 0 aromatic heterocycles. The molecule has 0 bridgehead atoms. The maximum absolute atomic E-state index is 10.2. The van der Waals surface area contributed by atoms with Crippen LogP contribution in [0.3, 0.4) is 0 Å². The van der Waals surface area contributed by atoms with E-state index in [9.17, 15) is 14.9 Å². The summed E-state index contributed by atoms with van der Waals surface area (Å²) < 4.78 is 5.58. The van der Waals surface area contributed by atoms with E-state index in [4.69, 9.17) is 4.74 Å². The lowest BCUT2D eigenvalue weighted by Crippen LogP contribution is -2.00. The average molecular weight is 334 g/mol. The molecular formula is C9H7IN2O4. The first-order chi connectivity index (χ1) is 7.63. The standard InChI is InChI=1S/C9H7IN2O4/c10-7-1-2-8(9(5-7)16-6-13)11-3-4-12(14)15/h1-3,5-6H,4H2. The van der Waals surface area contributed by atoms with Crippen LogP contribution >= 0.6 is 22.6 Å². The van der Waals surface area contributed by atoms with Gasteiger partial charge in [-0.25, -0.2) is 0 Å². The van der Waals surface area contributed by atoms with Crippen molar-refractivity contribution >= 4 is 41.0 Å². The fourth-order valence-electron chi connectivity index (χ4n) is 0.947. The third-order valence-electron chi connectivity index (χ3n) is 1.56. The molecule has 0 aliphatic rings. The molecule has 6 nitrogen and oxygen atoms in total. The van der Waals surface area contributed by atoms with Crippen LogP contribution in [0.1, 0.15) is 0 Å². The number of nitro groups is 1. The molecule has 16 heavy (non-hydrogen) atoms. The summed E-state index contributed by atoms with van der Waals surface area (Å²) in [5, 5.41) is 10.1. The first-order valence-corrected chi connectivity index (χ1v) is 5.25. The third-order valence-corrected chi connectivity index (χ3v) is 2.23. The van der Waals surface area contributed by atoms with Gasteiger partial charge < -0.3 is 4.74 Å². The minimum atomic E-state index is -0.504. The van der Waals surface area contributed by atoms with Crippen molar-refractivity contribution in [2.45, 2.75) is 0 Å². The molecule has 0 saturated carbocycles. The van der Waals surface area contributed by atoms with Gasteiger partial charge in [-0.2, -0.15) is 0 Å². The maximum Gasteiger partial charge on any atom is 0.298 e. The van der Waals surface area contributed by atoms with E-state index in [1.807, 2.05) is 0 Å². The number of benzene rings is 1. The van der Waals surface area contributed by atoms with Gasteiger partial charge in [0.25, 0.3) is 6.47 Å². The quantitative estimate of drug-likeness (QED) is 0.270. The summed E-state index contributed by atoms with van der Waals surface area (Å²) in [6.07, 6.45) is 1.15. The van der Waals surface area contributed by atoms with Gasteiger partial charge in [0.1, 0.15) is 5.69 Å². The second kappa shape index (κ2) is 6.16. The van der Waals surface area contributed by atoms with E-state index in [-0.39, 0.29) is 18.8 Å². The predicted octanol–water partition coefficient (Wildman–Crippen LogP) is 1.81. The number of hydrogen-bond donors (Lipinski definition) is 0. The molecule has 0 atom stereocenters. The zero-order valence-electron chi connectivity index (χ0n) is 8.00. The molecule has 0 heterocycles. The van der Waals surface area contributed by atoms with E-state index in [1.165, 1.54) is 0 Å². The highest BCUT2D eigenvalue weighted by atomic mass is 127. The Balaban J connectivity index is 2.89. The monoisotopic (exact) mass is 334 g/mol. The highest BCUT2D eigenvalue weighted by Crippen LogP contribution is 2.28. The first kappa shape index (κ1) is 12.6. The van der Waals surface area contributed by atoms with Gasteiger partial charge in [-0.3, -0.25) is 19.9 Å². The molecule has 0 amide bonds. The SMILES string of the molecule is O=COc1cc(I)ccc1N=CC[N+](=O)[O-]. The number of aliphatic imine (C=N–C) groups is 1. The molecule has 0 radical (unpaired) electrons. The zero-order valence-corrected chi connectivity index (χ0v) is 10.2. The largest absolute Gasteiger partial charge is 0.426 e. The molecule has 0 aliphatic carbocycles. The zero-order chi connectivity index (χ0) is 12.0. The fourth-order valence-corrected chi connectivity index (χ4v) is 1.41. The Bertz CT molecular complexity index is 434. The van der Waals surface area contributed by atoms with Crippen molar-refractivity contribution in [3.8, 4) is 5.75 Å². The smallest absolute Gasteiger partial charge is 0.298 e. The van der Waals surface area contributed by atoms with Gasteiger partial charge in [-0.1, -0.05) is 0 Å². The van der Waals surface area contributed by atoms with Gasteiger partial charge in [0, 0.05) is 8.49 Å². The molecular weight excluding hydrogens is 327 g/mol. The molecule has 0 spiro atoms. The molecule has 0 saturated heterocycles. The molecule has 1 aromatic rings. The van der Waals surface area contributed by atoms with E-state index in [0.717, 1.165) is 9.78 Å². The van der Waals surface area contributed by atoms with Gasteiger partial charge in [0.2, 0.25) is 6.54 Å². The lowest BCUT2D eigenvalue weighted by Gasteiger charge is -2.02. The molecule has 7 heteroatoms. The van der Waals surface area contributed by atoms with Crippen molar-refractivity contribution in [2.75, 3.05) is 6.54 Å². The second-order valence-electron chi connectivity index (χ2n) is 2.65. The van der Waals surface area contributed by atoms with Crippen LogP contribution in [0.15, 0.2) is 23.2 Å². The topological polar surface area (TPSA) is 81.8 Å². The number of halogens is 1. The Kier molecular flexibility index (Phi) is 4.83. The number of nitrogens with zero attached hydrogens (tertiary/aromatic N) is 2. The molecule has 0 N–H and O–H groups in total. The molecule has 0 unspecified atom stereocenters. The lowest BCUT2D eigenvalue weighted by molar-refractivity contribution is -0.462. The summed E-state index contributed by atoms with van der Waals surface area (Å²) >= 11 is 2.05. The van der Waals surface area contributed by atoms with Crippen molar-refractivity contribution in [3.63, 3.8) is 0 Å². The van der Waals surface area contributed by atoms with Crippen molar-refractivity contribution in [3.05, 3.63) is 31.9 Å². The number of carbonyl (C=O) groups excluding carboxylic acids is 1. The van der Waals surface area contributed by atoms with Crippen LogP contribution in [0, 0.1) is 13.7 Å². The van der Waals surface area contributed by atoms with Gasteiger partial charge in [-0.05, 0) is 40.8 Å². The molecule has 84 valence electrons. The van der Waals surface area contributed by atoms with Gasteiger partial charge >= 0.3 is 0 Å². The van der Waals surface area contributed by atoms with E-state index < -0.39 is 4.92 Å². The normalized spacial score (nSPS) is 10.3. The number of hydrogen-bond acceptors (Lipinski definition) is 5. The van der Waals surface area contributed by atoms with E-state index in [1.54, 1.807) is 18.2 Å². The van der Waals surface area contributed by atoms with E-state index in [0.29, 0.717) is 5.69 Å². The predicted molar refractivity (Wildman–Crippen MR) is 65.9 cm³/mol. The Hall–Kier alpha value is -1.51. The van der Waals surface area contributed by atoms with Crippen LogP contribution in [-0.4, -0.2) is 24.2 Å². The Morgan fingerprint density at radius 2 is 2.31 bits per heavy atom. The molecule has 1 aromatic carbocycles. The van der Waals surface area contributed by atoms with Crippen LogP contribution in [0.5, 0.6) is 5.75 Å². The van der Waals surface area contributed by atoms with Crippen LogP contribution in [-0.2, 0) is 4.79 Å². The summed E-state index contributed by atoms with van der Waals surface area (Å²) in [5.74, 6) is 0.279. The third kappa shape index (κ3) is 3.93. The second-order valence-corrected chi connectivity index (χ2v) is 3.90. The van der Waals surface area contributed by atoms with Crippen molar-refractivity contribution in [1.29, 1.82) is 0 Å². The number of ether oxygens (including phenoxy) is 1. The summed E-state index contributed by atoms with van der Waals surface area (Å²) in [7, 11) is 0. The highest BCUT2D eigenvalue weighted by Gasteiger charge is 2.03. The first-order valence-electron chi connectivity index (χ1n) is 4.17. The maximum atomic E-state index is 10.2. The van der Waals surface area contributed by atoms with Crippen LogP contribution in [0.2, 0.25) is 0 Å². The van der Waals surface area contributed by atoms with Crippen molar-refractivity contribution in [2.24, 2.45) is 4.99 Å². The lowest BCUT2D eigenvalue weighted by atomic mass is 10.3. The van der Waals surface area contributed by atoms with Crippen molar-refractivity contribution in [1.82, 2.24) is 0 Å². The van der Waals surface area contributed by atoms with Crippen LogP contribution in [0.25, 0.3) is 0 Å². The van der Waals surface area contributed by atoms with E-state index >= 15 is 0 Å². The number of carbonyl (C=O) groups is 1. The average Bonchev–Trinajstić information content (AvgIpc) is 2.21. The van der Waals surface area contributed by atoms with Crippen LogP contribution in [0.4, 0.5) is 5.69 Å². The summed E-state index contributed by atoms with van der Waals surface area (Å²) in [4.78, 5) is 23.7. The molecule has 0 aliphatic heterocycles. The molecule has 0 fully saturated rings. The van der Waals surface area contributed by atoms with Gasteiger partial charge in [-0.15, -0.1) is 0 Å². The summed E-state index contributed by atoms with van der Waals surface area (Å²) in [5.41, 5.74) is 0.384. The molecule has 1 rings (SSSR count). The van der Waals surface area contributed by atoms with Gasteiger partial charge in [0.05, 0.1) is 6.21 Å². The summed E-state index contributed by atoms with van der Waals surface area (Å²) in [6, 6.07) is 5.00. The summed E-state index contributed by atoms with van der Waals surface area (Å²) in [6.45, 7) is -0.0789. The van der Waals surface area contributed by atoms with Crippen molar-refractivity contribution < 1.29 is 14.5 Å². The Morgan fingerprint density at radius 1 is 1.56 bits per heavy atom. The number of rotatable bonds is 5. The van der Waals surface area contributed by atoms with E-state index in [2.05, 4.69) is 27.6 Å². The van der Waals surface area contributed by atoms with Crippen LogP contribution < -0.4 is 4.74 Å². The fraction of sp³-hybridized carbons (Fsp3) is 0.111. The Morgan fingerprint density at radius 3 is 2.94 bits per heavy atom. The Labute approximate surface area is 105 Å². The minimum absolute atomic E-state index is 0.279. The van der Waals surface area contributed by atoms with Gasteiger partial charge in [0.15, 0.2) is 5.75 Å². The highest BCUT2D eigenvalue weighted by molar-refractivity contribution is 14.1.